The van der Waals surface area contributed by atoms with Crippen molar-refractivity contribution in [2.45, 2.75) is 13.0 Å². The second-order valence-corrected chi connectivity index (χ2v) is 4.50. The van der Waals surface area contributed by atoms with Crippen molar-refractivity contribution in [2.24, 2.45) is 0 Å². The van der Waals surface area contributed by atoms with Crippen LogP contribution in [-0.2, 0) is 6.54 Å². The minimum absolute atomic E-state index is 0.628. The summed E-state index contributed by atoms with van der Waals surface area (Å²) in [5.74, 6) is 0.786. The molecule has 90 valence electrons. The fraction of sp³-hybridized carbons (Fsp3) is 0.154. The molecule has 0 amide bonds. The number of hydrogen-bond acceptors (Lipinski definition) is 3. The molecule has 0 aliphatic heterocycles. The topological polar surface area (TPSA) is 46.5 Å². The third kappa shape index (κ3) is 2.04. The maximum absolute atomic E-state index is 5.28. The summed E-state index contributed by atoms with van der Waals surface area (Å²) in [6, 6.07) is 5.77. The van der Waals surface area contributed by atoms with E-state index >= 15 is 0 Å². The van der Waals surface area contributed by atoms with E-state index in [0.29, 0.717) is 4.77 Å². The molecule has 0 saturated carbocycles. The van der Waals surface area contributed by atoms with Crippen LogP contribution in [-0.4, -0.2) is 19.7 Å². The standard InChI is InChI=1S/C13H12N4S/c18-13-16-15-12(11-7-3-4-8-14-11)17(13)9-10-5-1-2-6-10/h1-5,7-8H,6,9H2,(H,16,18). The number of nitrogens with zero attached hydrogens (tertiary/aromatic N) is 3. The smallest absolute Gasteiger partial charge is 0.195 e. The van der Waals surface area contributed by atoms with Crippen LogP contribution in [0.25, 0.3) is 11.5 Å². The summed E-state index contributed by atoms with van der Waals surface area (Å²) in [6.45, 7) is 0.758. The molecule has 0 unspecified atom stereocenters. The number of rotatable bonds is 3. The van der Waals surface area contributed by atoms with Gasteiger partial charge >= 0.3 is 0 Å². The lowest BCUT2D eigenvalue weighted by atomic mass is 10.2. The molecule has 0 aromatic carbocycles. The third-order valence-electron chi connectivity index (χ3n) is 2.86. The van der Waals surface area contributed by atoms with E-state index in [1.54, 1.807) is 6.20 Å². The Morgan fingerprint density at radius 3 is 3.06 bits per heavy atom. The first kappa shape index (κ1) is 11.1. The van der Waals surface area contributed by atoms with Crippen LogP contribution in [0.15, 0.2) is 48.2 Å². The van der Waals surface area contributed by atoms with Crippen LogP contribution >= 0.6 is 12.2 Å². The van der Waals surface area contributed by atoms with Crippen molar-refractivity contribution in [1.82, 2.24) is 19.7 Å². The van der Waals surface area contributed by atoms with Gasteiger partial charge in [-0.3, -0.25) is 14.6 Å². The van der Waals surface area contributed by atoms with Gasteiger partial charge in [-0.15, -0.1) is 0 Å². The van der Waals surface area contributed by atoms with Crippen molar-refractivity contribution >= 4 is 12.2 Å². The van der Waals surface area contributed by atoms with E-state index in [1.165, 1.54) is 5.57 Å². The molecule has 18 heavy (non-hydrogen) atoms. The van der Waals surface area contributed by atoms with E-state index in [9.17, 15) is 0 Å². The van der Waals surface area contributed by atoms with Gasteiger partial charge in [-0.05, 0) is 36.3 Å². The predicted molar refractivity (Wildman–Crippen MR) is 72.5 cm³/mol. The molecule has 2 heterocycles. The van der Waals surface area contributed by atoms with E-state index in [2.05, 4.69) is 33.4 Å². The predicted octanol–water partition coefficient (Wildman–Crippen LogP) is 2.89. The Bertz CT molecular complexity index is 664. The Labute approximate surface area is 110 Å². The molecule has 0 spiro atoms. The largest absolute Gasteiger partial charge is 0.295 e. The van der Waals surface area contributed by atoms with Crippen molar-refractivity contribution < 1.29 is 0 Å². The van der Waals surface area contributed by atoms with Gasteiger partial charge in [-0.1, -0.05) is 24.3 Å². The maximum Gasteiger partial charge on any atom is 0.195 e. The molecule has 1 aliphatic carbocycles. The highest BCUT2D eigenvalue weighted by Gasteiger charge is 2.11. The normalized spacial score (nSPS) is 13.9. The van der Waals surface area contributed by atoms with E-state index in [4.69, 9.17) is 12.2 Å². The lowest BCUT2D eigenvalue weighted by molar-refractivity contribution is 0.763. The molecular formula is C13H12N4S. The average molecular weight is 256 g/mol. The molecule has 2 aromatic rings. The lowest BCUT2D eigenvalue weighted by Crippen LogP contribution is -2.03. The quantitative estimate of drug-likeness (QED) is 0.859. The van der Waals surface area contributed by atoms with Crippen molar-refractivity contribution in [3.8, 4) is 11.5 Å². The van der Waals surface area contributed by atoms with Crippen LogP contribution in [0.4, 0.5) is 0 Å². The highest BCUT2D eigenvalue weighted by molar-refractivity contribution is 7.71. The molecule has 0 fully saturated rings. The average Bonchev–Trinajstić information content (AvgIpc) is 3.03. The van der Waals surface area contributed by atoms with Crippen LogP contribution in [0.2, 0.25) is 0 Å². The van der Waals surface area contributed by atoms with Gasteiger partial charge < -0.3 is 0 Å². The minimum atomic E-state index is 0.628. The number of nitrogens with one attached hydrogen (secondary N) is 1. The van der Waals surface area contributed by atoms with E-state index in [0.717, 1.165) is 24.5 Å². The van der Waals surface area contributed by atoms with Gasteiger partial charge in [0.2, 0.25) is 0 Å². The van der Waals surface area contributed by atoms with Gasteiger partial charge in [0.15, 0.2) is 10.6 Å². The zero-order valence-electron chi connectivity index (χ0n) is 9.71. The van der Waals surface area contributed by atoms with Gasteiger partial charge in [-0.25, -0.2) is 0 Å². The summed E-state index contributed by atoms with van der Waals surface area (Å²) in [4.78, 5) is 4.31. The first-order valence-electron chi connectivity index (χ1n) is 5.76. The van der Waals surface area contributed by atoms with Gasteiger partial charge in [0, 0.05) is 12.7 Å². The zero-order chi connectivity index (χ0) is 12.4. The molecule has 2 aromatic heterocycles. The number of hydrogen-bond donors (Lipinski definition) is 1. The highest BCUT2D eigenvalue weighted by atomic mass is 32.1. The minimum Gasteiger partial charge on any atom is -0.295 e. The Kier molecular flexibility index (Phi) is 2.90. The van der Waals surface area contributed by atoms with Crippen LogP contribution in [0, 0.1) is 4.77 Å². The first-order chi connectivity index (χ1) is 8.84. The number of aromatic amines is 1. The van der Waals surface area contributed by atoms with Crippen LogP contribution < -0.4 is 0 Å². The Morgan fingerprint density at radius 1 is 1.39 bits per heavy atom. The molecule has 1 aliphatic rings. The first-order valence-corrected chi connectivity index (χ1v) is 6.16. The molecule has 0 atom stereocenters. The van der Waals surface area contributed by atoms with Gasteiger partial charge in [0.05, 0.1) is 0 Å². The maximum atomic E-state index is 5.28. The van der Waals surface area contributed by atoms with E-state index < -0.39 is 0 Å². The SMILES string of the molecule is S=c1[nH]nc(-c2ccccn2)n1CC1=CC=CC1. The summed E-state index contributed by atoms with van der Waals surface area (Å²) in [5.41, 5.74) is 2.15. The molecular weight excluding hydrogens is 244 g/mol. The third-order valence-corrected chi connectivity index (χ3v) is 3.17. The zero-order valence-corrected chi connectivity index (χ0v) is 10.5. The van der Waals surface area contributed by atoms with Crippen molar-refractivity contribution in [3.63, 3.8) is 0 Å². The van der Waals surface area contributed by atoms with Crippen molar-refractivity contribution in [3.05, 3.63) is 53.0 Å². The summed E-state index contributed by atoms with van der Waals surface area (Å²) >= 11 is 5.28. The fourth-order valence-electron chi connectivity index (χ4n) is 1.97. The number of allylic oxidation sites excluding steroid dienone is 4. The molecule has 0 radical (unpaired) electrons. The van der Waals surface area contributed by atoms with Crippen molar-refractivity contribution in [1.29, 1.82) is 0 Å². The molecule has 0 bridgehead atoms. The van der Waals surface area contributed by atoms with Crippen molar-refractivity contribution in [2.75, 3.05) is 0 Å². The summed E-state index contributed by atoms with van der Waals surface area (Å²) in [6.07, 6.45) is 9.07. The van der Waals surface area contributed by atoms with Crippen LogP contribution in [0.1, 0.15) is 6.42 Å². The van der Waals surface area contributed by atoms with Crippen LogP contribution in [0.3, 0.4) is 0 Å². The van der Waals surface area contributed by atoms with Crippen LogP contribution in [0.5, 0.6) is 0 Å². The Balaban J connectivity index is 1.99. The van der Waals surface area contributed by atoms with E-state index in [1.807, 2.05) is 22.8 Å². The monoisotopic (exact) mass is 256 g/mol. The second kappa shape index (κ2) is 4.70. The molecule has 3 rings (SSSR count). The Morgan fingerprint density at radius 2 is 2.33 bits per heavy atom. The second-order valence-electron chi connectivity index (χ2n) is 4.11. The van der Waals surface area contributed by atoms with Gasteiger partial charge in [0.1, 0.15) is 5.69 Å². The summed E-state index contributed by atoms with van der Waals surface area (Å²) in [7, 11) is 0. The number of H-pyrrole nitrogens is 1. The molecule has 4 nitrogen and oxygen atoms in total. The fourth-order valence-corrected chi connectivity index (χ4v) is 2.16. The molecule has 0 saturated heterocycles. The lowest BCUT2D eigenvalue weighted by Gasteiger charge is -2.06. The van der Waals surface area contributed by atoms with E-state index in [-0.39, 0.29) is 0 Å². The number of pyridine rings is 1. The molecule has 5 heteroatoms. The number of aromatic nitrogens is 4. The Hall–Kier alpha value is -2.01. The summed E-state index contributed by atoms with van der Waals surface area (Å²) in [5, 5.41) is 7.10. The van der Waals surface area contributed by atoms with Gasteiger partial charge in [-0.2, -0.15) is 5.10 Å². The highest BCUT2D eigenvalue weighted by Crippen LogP contribution is 2.18. The molecule has 1 N–H and O–H groups in total. The van der Waals surface area contributed by atoms with Gasteiger partial charge in [0.25, 0.3) is 0 Å². The summed E-state index contributed by atoms with van der Waals surface area (Å²) < 4.78 is 2.61.